The number of hydrogen-bond donors (Lipinski definition) is 0. The SMILES string of the molecule is CC(=O)c1sccc1-c1cccc(Cl)c1. The third-order valence-electron chi connectivity index (χ3n) is 2.12. The van der Waals surface area contributed by atoms with Crippen molar-refractivity contribution in [3.05, 3.63) is 45.6 Å². The normalized spacial score (nSPS) is 10.3. The zero-order chi connectivity index (χ0) is 10.8. The number of carbonyl (C=O) groups is 1. The molecule has 2 rings (SSSR count). The minimum Gasteiger partial charge on any atom is -0.294 e. The van der Waals surface area contributed by atoms with E-state index in [-0.39, 0.29) is 5.78 Å². The van der Waals surface area contributed by atoms with Gasteiger partial charge in [-0.1, -0.05) is 23.7 Å². The number of Topliss-reactive ketones (excluding diaryl/α,β-unsaturated/α-hetero) is 1. The second kappa shape index (κ2) is 4.17. The number of benzene rings is 1. The molecule has 0 fully saturated rings. The molecule has 1 aromatic heterocycles. The number of halogens is 1. The topological polar surface area (TPSA) is 17.1 Å². The van der Waals surface area contributed by atoms with Crippen molar-refractivity contribution in [1.82, 2.24) is 0 Å². The lowest BCUT2D eigenvalue weighted by molar-refractivity contribution is 0.102. The van der Waals surface area contributed by atoms with Crippen LogP contribution in [0.4, 0.5) is 0 Å². The van der Waals surface area contributed by atoms with Crippen LogP contribution in [0.25, 0.3) is 11.1 Å². The maximum atomic E-state index is 11.4. The lowest BCUT2D eigenvalue weighted by Gasteiger charge is -2.01. The minimum atomic E-state index is 0.0972. The van der Waals surface area contributed by atoms with Crippen LogP contribution in [0.1, 0.15) is 16.6 Å². The van der Waals surface area contributed by atoms with E-state index in [2.05, 4.69) is 0 Å². The van der Waals surface area contributed by atoms with Gasteiger partial charge < -0.3 is 0 Å². The Kier molecular flexibility index (Phi) is 2.89. The largest absolute Gasteiger partial charge is 0.294 e. The Morgan fingerprint density at radius 3 is 2.80 bits per heavy atom. The van der Waals surface area contributed by atoms with Gasteiger partial charge in [-0.05, 0) is 36.1 Å². The smallest absolute Gasteiger partial charge is 0.170 e. The lowest BCUT2D eigenvalue weighted by Crippen LogP contribution is -1.89. The van der Waals surface area contributed by atoms with Gasteiger partial charge in [-0.15, -0.1) is 11.3 Å². The third kappa shape index (κ3) is 2.11. The average molecular weight is 237 g/mol. The lowest BCUT2D eigenvalue weighted by atomic mass is 10.1. The Balaban J connectivity index is 2.54. The van der Waals surface area contributed by atoms with Crippen LogP contribution in [0.5, 0.6) is 0 Å². The first-order valence-electron chi connectivity index (χ1n) is 4.53. The highest BCUT2D eigenvalue weighted by Crippen LogP contribution is 2.30. The summed E-state index contributed by atoms with van der Waals surface area (Å²) >= 11 is 7.38. The standard InChI is InChI=1S/C12H9ClOS/c1-8(14)12-11(5-6-15-12)9-3-2-4-10(13)7-9/h2-7H,1H3. The van der Waals surface area contributed by atoms with Gasteiger partial charge in [0.25, 0.3) is 0 Å². The molecule has 0 aliphatic heterocycles. The second-order valence-corrected chi connectivity index (χ2v) is 4.58. The number of carbonyl (C=O) groups excluding carboxylic acids is 1. The zero-order valence-corrected chi connectivity index (χ0v) is 9.73. The average Bonchev–Trinajstić information content (AvgIpc) is 2.65. The number of thiophene rings is 1. The van der Waals surface area contributed by atoms with Gasteiger partial charge in [-0.3, -0.25) is 4.79 Å². The van der Waals surface area contributed by atoms with E-state index >= 15 is 0 Å². The number of rotatable bonds is 2. The molecule has 0 aliphatic rings. The molecule has 0 spiro atoms. The summed E-state index contributed by atoms with van der Waals surface area (Å²) in [6.45, 7) is 1.58. The van der Waals surface area contributed by atoms with Crippen LogP contribution in [-0.4, -0.2) is 5.78 Å². The van der Waals surface area contributed by atoms with E-state index in [4.69, 9.17) is 11.6 Å². The Hall–Kier alpha value is -1.12. The van der Waals surface area contributed by atoms with Crippen molar-refractivity contribution < 1.29 is 4.79 Å². The van der Waals surface area contributed by atoms with Gasteiger partial charge in [0, 0.05) is 10.6 Å². The van der Waals surface area contributed by atoms with Crippen molar-refractivity contribution >= 4 is 28.7 Å². The minimum absolute atomic E-state index is 0.0972. The van der Waals surface area contributed by atoms with Gasteiger partial charge in [0.1, 0.15) is 0 Å². The highest BCUT2D eigenvalue weighted by atomic mass is 35.5. The van der Waals surface area contributed by atoms with Crippen LogP contribution in [0.15, 0.2) is 35.7 Å². The summed E-state index contributed by atoms with van der Waals surface area (Å²) in [6.07, 6.45) is 0. The molecule has 3 heteroatoms. The fourth-order valence-electron chi connectivity index (χ4n) is 1.47. The molecule has 0 bridgehead atoms. The van der Waals surface area contributed by atoms with Crippen molar-refractivity contribution in [1.29, 1.82) is 0 Å². The van der Waals surface area contributed by atoms with Gasteiger partial charge in [-0.2, -0.15) is 0 Å². The molecule has 0 radical (unpaired) electrons. The maximum Gasteiger partial charge on any atom is 0.170 e. The fourth-order valence-corrected chi connectivity index (χ4v) is 2.47. The third-order valence-corrected chi connectivity index (χ3v) is 3.37. The first-order chi connectivity index (χ1) is 7.18. The zero-order valence-electron chi connectivity index (χ0n) is 8.16. The molecule has 15 heavy (non-hydrogen) atoms. The molecule has 1 nitrogen and oxygen atoms in total. The van der Waals surface area contributed by atoms with Crippen molar-refractivity contribution in [3.63, 3.8) is 0 Å². The van der Waals surface area contributed by atoms with Crippen molar-refractivity contribution in [2.45, 2.75) is 6.92 Å². The van der Waals surface area contributed by atoms with Gasteiger partial charge in [0.05, 0.1) is 4.88 Å². The molecule has 1 heterocycles. The summed E-state index contributed by atoms with van der Waals surface area (Å²) in [6, 6.07) is 9.49. The van der Waals surface area contributed by atoms with E-state index in [1.165, 1.54) is 11.3 Å². The van der Waals surface area contributed by atoms with Gasteiger partial charge >= 0.3 is 0 Å². The summed E-state index contributed by atoms with van der Waals surface area (Å²) in [4.78, 5) is 12.2. The highest BCUT2D eigenvalue weighted by molar-refractivity contribution is 7.12. The van der Waals surface area contributed by atoms with Gasteiger partial charge in [0.2, 0.25) is 0 Å². The Bertz CT molecular complexity index is 502. The first-order valence-corrected chi connectivity index (χ1v) is 5.78. The molecule has 0 saturated carbocycles. The molecule has 0 amide bonds. The summed E-state index contributed by atoms with van der Waals surface area (Å²) in [5.41, 5.74) is 1.96. The quantitative estimate of drug-likeness (QED) is 0.712. The summed E-state index contributed by atoms with van der Waals surface area (Å²) in [5.74, 6) is 0.0972. The van der Waals surface area contributed by atoms with E-state index in [9.17, 15) is 4.79 Å². The van der Waals surface area contributed by atoms with E-state index < -0.39 is 0 Å². The second-order valence-electron chi connectivity index (χ2n) is 3.23. The molecule has 0 unspecified atom stereocenters. The highest BCUT2D eigenvalue weighted by Gasteiger charge is 2.10. The fraction of sp³-hybridized carbons (Fsp3) is 0.0833. The molecule has 2 aromatic rings. The van der Waals surface area contributed by atoms with E-state index in [1.807, 2.05) is 35.7 Å². The van der Waals surface area contributed by atoms with E-state index in [0.29, 0.717) is 5.02 Å². The Morgan fingerprint density at radius 2 is 2.13 bits per heavy atom. The maximum absolute atomic E-state index is 11.4. The van der Waals surface area contributed by atoms with Crippen LogP contribution in [0.3, 0.4) is 0 Å². The van der Waals surface area contributed by atoms with Crippen LogP contribution in [-0.2, 0) is 0 Å². The summed E-state index contributed by atoms with van der Waals surface area (Å²) in [5, 5.41) is 2.61. The van der Waals surface area contributed by atoms with E-state index in [1.54, 1.807) is 6.92 Å². The molecule has 0 aliphatic carbocycles. The molecule has 76 valence electrons. The van der Waals surface area contributed by atoms with E-state index in [0.717, 1.165) is 16.0 Å². The molecular formula is C12H9ClOS. The Morgan fingerprint density at radius 1 is 1.33 bits per heavy atom. The molecular weight excluding hydrogens is 228 g/mol. The van der Waals surface area contributed by atoms with Crippen molar-refractivity contribution in [2.24, 2.45) is 0 Å². The van der Waals surface area contributed by atoms with Gasteiger partial charge in [0.15, 0.2) is 5.78 Å². The molecule has 0 N–H and O–H groups in total. The molecule has 0 saturated heterocycles. The van der Waals surface area contributed by atoms with Crippen molar-refractivity contribution in [2.75, 3.05) is 0 Å². The number of hydrogen-bond acceptors (Lipinski definition) is 2. The Labute approximate surface area is 97.3 Å². The monoisotopic (exact) mass is 236 g/mol. The van der Waals surface area contributed by atoms with Crippen LogP contribution >= 0.6 is 22.9 Å². The summed E-state index contributed by atoms with van der Waals surface area (Å²) in [7, 11) is 0. The van der Waals surface area contributed by atoms with Crippen LogP contribution in [0, 0.1) is 0 Å². The molecule has 1 aromatic carbocycles. The predicted octanol–water partition coefficient (Wildman–Crippen LogP) is 4.27. The van der Waals surface area contributed by atoms with Gasteiger partial charge in [-0.25, -0.2) is 0 Å². The predicted molar refractivity (Wildman–Crippen MR) is 64.8 cm³/mol. The number of ketones is 1. The van der Waals surface area contributed by atoms with Crippen LogP contribution < -0.4 is 0 Å². The van der Waals surface area contributed by atoms with Crippen LogP contribution in [0.2, 0.25) is 5.02 Å². The first kappa shape index (κ1) is 10.4. The molecule has 0 atom stereocenters. The summed E-state index contributed by atoms with van der Waals surface area (Å²) < 4.78 is 0. The van der Waals surface area contributed by atoms with Crippen molar-refractivity contribution in [3.8, 4) is 11.1 Å².